The maximum absolute atomic E-state index is 5.99. The second-order valence-electron chi connectivity index (χ2n) is 6.39. The van der Waals surface area contributed by atoms with Gasteiger partial charge in [0.1, 0.15) is 0 Å². The number of halogens is 1. The van der Waals surface area contributed by atoms with Gasteiger partial charge in [0.2, 0.25) is 0 Å². The Morgan fingerprint density at radius 1 is 1.00 bits per heavy atom. The Morgan fingerprint density at radius 3 is 2.55 bits per heavy atom. The van der Waals surface area contributed by atoms with Crippen molar-refractivity contribution in [3.63, 3.8) is 0 Å². The van der Waals surface area contributed by atoms with E-state index in [4.69, 9.17) is 22.3 Å². The van der Waals surface area contributed by atoms with Gasteiger partial charge in [-0.3, -0.25) is 0 Å². The number of anilines is 1. The molecule has 0 radical (unpaired) electrons. The van der Waals surface area contributed by atoms with Crippen LogP contribution < -0.4 is 11.1 Å². The summed E-state index contributed by atoms with van der Waals surface area (Å²) in [5.41, 5.74) is 9.25. The van der Waals surface area contributed by atoms with E-state index in [0.717, 1.165) is 11.3 Å². The van der Waals surface area contributed by atoms with Crippen LogP contribution in [0.15, 0.2) is 59.8 Å². The van der Waals surface area contributed by atoms with Crippen LogP contribution in [0.2, 0.25) is 5.02 Å². The van der Waals surface area contributed by atoms with E-state index in [1.807, 2.05) is 42.5 Å². The molecule has 0 aliphatic carbocycles. The van der Waals surface area contributed by atoms with Gasteiger partial charge in [0.25, 0.3) is 0 Å². The second kappa shape index (κ2) is 9.21. The first-order valence-corrected chi connectivity index (χ1v) is 10.6. The molecule has 29 heavy (non-hydrogen) atoms. The first-order chi connectivity index (χ1) is 14.2. The van der Waals surface area contributed by atoms with E-state index in [9.17, 15) is 0 Å². The summed E-state index contributed by atoms with van der Waals surface area (Å²) in [7, 11) is 0. The van der Waals surface area contributed by atoms with E-state index in [-0.39, 0.29) is 0 Å². The van der Waals surface area contributed by atoms with Gasteiger partial charge in [0, 0.05) is 23.9 Å². The van der Waals surface area contributed by atoms with Crippen LogP contribution in [-0.2, 0) is 12.3 Å². The molecule has 4 rings (SSSR count). The van der Waals surface area contributed by atoms with Crippen LogP contribution >= 0.6 is 23.4 Å². The Labute approximate surface area is 177 Å². The fourth-order valence-electron chi connectivity index (χ4n) is 2.81. The zero-order valence-corrected chi connectivity index (χ0v) is 17.2. The van der Waals surface area contributed by atoms with Crippen LogP contribution in [0.25, 0.3) is 11.2 Å². The van der Waals surface area contributed by atoms with Gasteiger partial charge in [0.05, 0.1) is 6.54 Å². The smallest absolute Gasteiger partial charge is 0.192 e. The van der Waals surface area contributed by atoms with Gasteiger partial charge in [-0.2, -0.15) is 0 Å². The molecule has 148 valence electrons. The number of nitrogens with two attached hydrogens (primary N) is 1. The van der Waals surface area contributed by atoms with Gasteiger partial charge in [-0.25, -0.2) is 14.6 Å². The lowest BCUT2D eigenvalue weighted by Gasteiger charge is -2.08. The van der Waals surface area contributed by atoms with Gasteiger partial charge < -0.3 is 11.1 Å². The lowest BCUT2D eigenvalue weighted by molar-refractivity contribution is 0.661. The Hall–Kier alpha value is -2.68. The van der Waals surface area contributed by atoms with E-state index in [1.54, 1.807) is 16.4 Å². The lowest BCUT2D eigenvalue weighted by atomic mass is 10.2. The summed E-state index contributed by atoms with van der Waals surface area (Å²) in [6.45, 7) is 1.64. The van der Waals surface area contributed by atoms with Crippen LogP contribution in [0.3, 0.4) is 0 Å². The highest BCUT2D eigenvalue weighted by Crippen LogP contribution is 2.25. The third kappa shape index (κ3) is 4.84. The van der Waals surface area contributed by atoms with Gasteiger partial charge in [-0.15, -0.1) is 5.10 Å². The molecular weight excluding hydrogens is 406 g/mol. The van der Waals surface area contributed by atoms with Crippen molar-refractivity contribution in [1.29, 1.82) is 0 Å². The number of aromatic nitrogens is 5. The summed E-state index contributed by atoms with van der Waals surface area (Å²) < 4.78 is 1.78. The van der Waals surface area contributed by atoms with Crippen LogP contribution in [0.4, 0.5) is 5.82 Å². The monoisotopic (exact) mass is 425 g/mol. The molecule has 2 aromatic heterocycles. The zero-order chi connectivity index (χ0) is 20.1. The van der Waals surface area contributed by atoms with Crippen molar-refractivity contribution in [2.24, 2.45) is 5.73 Å². The minimum atomic E-state index is 0.497. The molecule has 3 N–H and O–H groups in total. The Balaban J connectivity index is 1.65. The Morgan fingerprint density at radius 2 is 1.79 bits per heavy atom. The molecular formula is C20H20ClN7S. The number of fused-ring (bicyclic) bond motifs is 1. The number of hydrogen-bond acceptors (Lipinski definition) is 7. The molecule has 7 nitrogen and oxygen atoms in total. The normalized spacial score (nSPS) is 11.1. The summed E-state index contributed by atoms with van der Waals surface area (Å²) in [5.74, 6) is 1.43. The standard InChI is InChI=1S/C20H20ClN7S/c21-16-8-6-14(7-9-16)12-28-19-17(26-27-28)18(23-11-10-22)24-20(25-19)29-13-15-4-2-1-3-5-15/h1-9H,10-13,22H2,(H,23,24,25). The molecule has 0 aliphatic heterocycles. The highest BCUT2D eigenvalue weighted by Gasteiger charge is 2.15. The maximum atomic E-state index is 5.99. The molecule has 0 saturated carbocycles. The molecule has 9 heteroatoms. The Kier molecular flexibility index (Phi) is 6.24. The van der Waals surface area contributed by atoms with Crippen LogP contribution in [-0.4, -0.2) is 38.1 Å². The molecule has 0 aliphatic rings. The predicted molar refractivity (Wildman–Crippen MR) is 117 cm³/mol. The van der Waals surface area contributed by atoms with Gasteiger partial charge in [0.15, 0.2) is 22.1 Å². The van der Waals surface area contributed by atoms with E-state index < -0.39 is 0 Å². The highest BCUT2D eigenvalue weighted by molar-refractivity contribution is 7.98. The molecule has 0 unspecified atom stereocenters. The molecule has 2 heterocycles. The van der Waals surface area contributed by atoms with E-state index in [2.05, 4.69) is 32.7 Å². The molecule has 0 bridgehead atoms. The molecule has 0 saturated heterocycles. The predicted octanol–water partition coefficient (Wildman–Crippen LogP) is 3.59. The van der Waals surface area contributed by atoms with Crippen LogP contribution in [0.5, 0.6) is 0 Å². The third-order valence-corrected chi connectivity index (χ3v) is 5.41. The number of rotatable bonds is 8. The summed E-state index contributed by atoms with van der Waals surface area (Å²) >= 11 is 7.56. The average molecular weight is 426 g/mol. The first-order valence-electron chi connectivity index (χ1n) is 9.19. The summed E-state index contributed by atoms with van der Waals surface area (Å²) in [6.07, 6.45) is 0. The number of nitrogens with zero attached hydrogens (tertiary/aromatic N) is 5. The summed E-state index contributed by atoms with van der Waals surface area (Å²) in [5, 5.41) is 13.2. The fraction of sp³-hybridized carbons (Fsp3) is 0.200. The van der Waals surface area contributed by atoms with Crippen molar-refractivity contribution in [1.82, 2.24) is 25.0 Å². The van der Waals surface area contributed by atoms with Crippen molar-refractivity contribution < 1.29 is 0 Å². The van der Waals surface area contributed by atoms with Crippen LogP contribution in [0, 0.1) is 0 Å². The highest BCUT2D eigenvalue weighted by atomic mass is 35.5. The molecule has 0 fully saturated rings. The van der Waals surface area contributed by atoms with Gasteiger partial charge in [-0.05, 0) is 23.3 Å². The van der Waals surface area contributed by atoms with Crippen molar-refractivity contribution >= 4 is 40.3 Å². The third-order valence-electron chi connectivity index (χ3n) is 4.24. The lowest BCUT2D eigenvalue weighted by Crippen LogP contribution is -2.14. The summed E-state index contributed by atoms with van der Waals surface area (Å²) in [6, 6.07) is 17.9. The molecule has 2 aromatic carbocycles. The van der Waals surface area contributed by atoms with Crippen molar-refractivity contribution in [2.45, 2.75) is 17.5 Å². The minimum absolute atomic E-state index is 0.497. The van der Waals surface area contributed by atoms with E-state index in [1.165, 1.54) is 5.56 Å². The molecule has 0 amide bonds. The zero-order valence-electron chi connectivity index (χ0n) is 15.6. The molecule has 0 atom stereocenters. The van der Waals surface area contributed by atoms with Gasteiger partial charge >= 0.3 is 0 Å². The number of thioether (sulfide) groups is 1. The summed E-state index contributed by atoms with van der Waals surface area (Å²) in [4.78, 5) is 9.36. The van der Waals surface area contributed by atoms with Crippen LogP contribution in [0.1, 0.15) is 11.1 Å². The van der Waals surface area contributed by atoms with E-state index in [0.29, 0.717) is 46.8 Å². The maximum Gasteiger partial charge on any atom is 0.192 e. The average Bonchev–Trinajstić information content (AvgIpc) is 3.15. The van der Waals surface area contributed by atoms with Crippen molar-refractivity contribution in [2.75, 3.05) is 18.4 Å². The quantitative estimate of drug-likeness (QED) is 0.329. The topological polar surface area (TPSA) is 94.5 Å². The minimum Gasteiger partial charge on any atom is -0.367 e. The van der Waals surface area contributed by atoms with E-state index >= 15 is 0 Å². The number of hydrogen-bond donors (Lipinski definition) is 2. The largest absolute Gasteiger partial charge is 0.367 e. The number of nitrogens with one attached hydrogen (secondary N) is 1. The van der Waals surface area contributed by atoms with Crippen molar-refractivity contribution in [3.8, 4) is 0 Å². The first kappa shape index (κ1) is 19.6. The SMILES string of the molecule is NCCNc1nc(SCc2ccccc2)nc2c1nnn2Cc1ccc(Cl)cc1. The van der Waals surface area contributed by atoms with Crippen molar-refractivity contribution in [3.05, 3.63) is 70.7 Å². The Bertz CT molecular complexity index is 1080. The molecule has 4 aromatic rings. The fourth-order valence-corrected chi connectivity index (χ4v) is 3.73. The number of benzene rings is 2. The van der Waals surface area contributed by atoms with Gasteiger partial charge in [-0.1, -0.05) is 71.0 Å². The molecule has 0 spiro atoms. The second-order valence-corrected chi connectivity index (χ2v) is 7.77.